The average Bonchev–Trinajstić information content (AvgIpc) is 3.46. The first-order chi connectivity index (χ1) is 24.8. The molecule has 3 heterocycles. The van der Waals surface area contributed by atoms with Crippen LogP contribution in [0.4, 0.5) is 11.4 Å². The van der Waals surface area contributed by atoms with Crippen LogP contribution in [-0.4, -0.2) is 106 Å². The predicted molar refractivity (Wildman–Crippen MR) is 203 cm³/mol. The second-order valence-electron chi connectivity index (χ2n) is 16.0. The van der Waals surface area contributed by atoms with Crippen molar-refractivity contribution in [2.24, 2.45) is 0 Å². The summed E-state index contributed by atoms with van der Waals surface area (Å²) >= 11 is 0. The van der Waals surface area contributed by atoms with Gasteiger partial charge >= 0.3 is 0 Å². The highest BCUT2D eigenvalue weighted by Crippen LogP contribution is 2.46. The van der Waals surface area contributed by atoms with Gasteiger partial charge in [0.25, 0.3) is 0 Å². The molecule has 8 nitrogen and oxygen atoms in total. The molecule has 9 rings (SSSR count). The Kier molecular flexibility index (Phi) is 7.02. The van der Waals surface area contributed by atoms with Crippen LogP contribution in [0.15, 0.2) is 96.1 Å². The van der Waals surface area contributed by atoms with Gasteiger partial charge in [-0.3, -0.25) is 29.0 Å². The van der Waals surface area contributed by atoms with Crippen LogP contribution in [0, 0.1) is 0 Å². The lowest BCUT2D eigenvalue weighted by Crippen LogP contribution is -2.66. The van der Waals surface area contributed by atoms with E-state index in [2.05, 4.69) is 85.4 Å². The third kappa shape index (κ3) is 4.34. The van der Waals surface area contributed by atoms with Crippen LogP contribution in [0.3, 0.4) is 0 Å². The maximum Gasteiger partial charge on any atom is 0.210 e. The van der Waals surface area contributed by atoms with Crippen molar-refractivity contribution in [1.82, 2.24) is 9.80 Å². The molecule has 260 valence electrons. The Morgan fingerprint density at radius 1 is 0.538 bits per heavy atom. The summed E-state index contributed by atoms with van der Waals surface area (Å²) < 4.78 is 4.20. The lowest BCUT2D eigenvalue weighted by molar-refractivity contribution is -0.401. The van der Waals surface area contributed by atoms with Crippen molar-refractivity contribution in [1.29, 1.82) is 0 Å². The van der Waals surface area contributed by atoms with Gasteiger partial charge in [-0.25, -0.2) is 0 Å². The highest BCUT2D eigenvalue weighted by Gasteiger charge is 2.54. The molecule has 5 aliphatic rings. The molecule has 0 radical (unpaired) electrons. The van der Waals surface area contributed by atoms with Crippen LogP contribution >= 0.6 is 0 Å². The smallest absolute Gasteiger partial charge is 0.210 e. The molecule has 2 saturated carbocycles. The minimum atomic E-state index is -0.815. The van der Waals surface area contributed by atoms with Crippen molar-refractivity contribution in [2.75, 3.05) is 40.3 Å². The Morgan fingerprint density at radius 3 is 1.25 bits per heavy atom. The molecule has 3 fully saturated rings. The van der Waals surface area contributed by atoms with Crippen molar-refractivity contribution in [2.45, 2.75) is 50.6 Å². The van der Waals surface area contributed by atoms with E-state index in [0.717, 1.165) is 33.6 Å². The van der Waals surface area contributed by atoms with Crippen LogP contribution in [0.1, 0.15) is 38.8 Å². The molecule has 52 heavy (non-hydrogen) atoms. The second kappa shape index (κ2) is 11.2. The third-order valence-electron chi connectivity index (χ3n) is 12.5. The standard InChI is InChI=1S/C44H42N4O4/c1-43(2)33(45(5)31-17-15-25-11-7-9-13-27(25)35(31)43)23-29-39(49)37(40(29)50)47-19-21-48(22-20-47)38-41(51)30(42(38)52)24-34-44(3,4)36-28-14-10-8-12-26(28)16-18-32(36)46(34)6/h7-18,23-24,37-38H,19-22H2,1-6H3/q+2. The van der Waals surface area contributed by atoms with Crippen LogP contribution in [0.2, 0.25) is 0 Å². The Morgan fingerprint density at radius 2 is 0.885 bits per heavy atom. The minimum absolute atomic E-state index is 0.161. The SMILES string of the molecule is C[N+]1=C(C=C2C(=O)C(N3CCN(C4C(=O)C(=CC5=[N+](C)c6ccc7ccccc7c6C5(C)C)C4=O)CC3)C2=O)C(C)(C)c2c1ccc1ccccc21. The van der Waals surface area contributed by atoms with Crippen molar-refractivity contribution in [3.8, 4) is 0 Å². The quantitative estimate of drug-likeness (QED) is 0.127. The topological polar surface area (TPSA) is 80.8 Å². The number of carbonyl (C=O) groups is 4. The fourth-order valence-corrected chi connectivity index (χ4v) is 9.69. The van der Waals surface area contributed by atoms with Crippen LogP contribution in [0.25, 0.3) is 21.5 Å². The number of allylic oxidation sites excluding steroid dienone is 2. The van der Waals surface area contributed by atoms with E-state index in [1.165, 1.54) is 21.9 Å². The lowest BCUT2D eigenvalue weighted by Gasteiger charge is -2.45. The van der Waals surface area contributed by atoms with Crippen LogP contribution in [-0.2, 0) is 30.0 Å². The van der Waals surface area contributed by atoms with Gasteiger partial charge in [0.05, 0.1) is 22.0 Å². The van der Waals surface area contributed by atoms with E-state index in [4.69, 9.17) is 0 Å². The largest absolute Gasteiger partial charge is 0.292 e. The summed E-state index contributed by atoms with van der Waals surface area (Å²) in [6, 6.07) is 23.4. The van der Waals surface area contributed by atoms with E-state index in [1.807, 2.05) is 48.2 Å². The number of nitrogens with zero attached hydrogens (tertiary/aromatic N) is 4. The van der Waals surface area contributed by atoms with E-state index in [1.54, 1.807) is 12.2 Å². The molecule has 0 N–H and O–H groups in total. The first kappa shape index (κ1) is 32.7. The summed E-state index contributed by atoms with van der Waals surface area (Å²) in [5.41, 5.74) is 6.08. The molecule has 2 aliphatic carbocycles. The zero-order valence-corrected chi connectivity index (χ0v) is 30.5. The molecule has 0 amide bonds. The Balaban J connectivity index is 0.882. The first-order valence-corrected chi connectivity index (χ1v) is 18.2. The first-order valence-electron chi connectivity index (χ1n) is 18.2. The van der Waals surface area contributed by atoms with Gasteiger partial charge in [0.15, 0.2) is 34.6 Å². The monoisotopic (exact) mass is 690 g/mol. The van der Waals surface area contributed by atoms with Gasteiger partial charge in [0.2, 0.25) is 11.4 Å². The number of hydrogen-bond donors (Lipinski definition) is 0. The van der Waals surface area contributed by atoms with Crippen molar-refractivity contribution in [3.63, 3.8) is 0 Å². The number of benzene rings is 4. The van der Waals surface area contributed by atoms with E-state index in [0.29, 0.717) is 26.2 Å². The second-order valence-corrected chi connectivity index (χ2v) is 16.0. The van der Waals surface area contributed by atoms with Gasteiger partial charge in [0.1, 0.15) is 26.2 Å². The molecule has 0 unspecified atom stereocenters. The fraction of sp³-hybridized carbons (Fsp3) is 0.318. The van der Waals surface area contributed by atoms with Gasteiger partial charge < -0.3 is 0 Å². The molecule has 0 bridgehead atoms. The Hall–Kier alpha value is -5.18. The summed E-state index contributed by atoms with van der Waals surface area (Å²) in [5.74, 6) is -0.644. The molecule has 4 aromatic carbocycles. The molecule has 4 aromatic rings. The molecule has 0 aromatic heterocycles. The number of rotatable bonds is 4. The lowest BCUT2D eigenvalue weighted by atomic mass is 9.75. The normalized spacial score (nSPS) is 24.1. The third-order valence-corrected chi connectivity index (χ3v) is 12.5. The number of Topliss-reactive ketones (excluding diaryl/α,β-unsaturated/α-hetero) is 4. The van der Waals surface area contributed by atoms with Crippen molar-refractivity contribution >= 4 is 67.5 Å². The molecule has 0 spiro atoms. The van der Waals surface area contributed by atoms with Gasteiger partial charge in [-0.2, -0.15) is 9.15 Å². The van der Waals surface area contributed by atoms with E-state index < -0.39 is 22.9 Å². The van der Waals surface area contributed by atoms with Crippen LogP contribution < -0.4 is 0 Å². The highest BCUT2D eigenvalue weighted by atomic mass is 16.2. The van der Waals surface area contributed by atoms with Gasteiger partial charge in [-0.1, -0.05) is 48.5 Å². The summed E-state index contributed by atoms with van der Waals surface area (Å²) in [6.45, 7) is 10.3. The zero-order chi connectivity index (χ0) is 36.4. The Labute approximate surface area is 303 Å². The summed E-state index contributed by atoms with van der Waals surface area (Å²) in [7, 11) is 3.99. The molecular formula is C44H42N4O4+2. The molecule has 1 saturated heterocycles. The summed E-state index contributed by atoms with van der Waals surface area (Å²) in [6.07, 6.45) is 3.60. The number of hydrogen-bond acceptors (Lipinski definition) is 6. The van der Waals surface area contributed by atoms with Gasteiger partial charge in [0, 0.05) is 61.6 Å². The molecular weight excluding hydrogens is 649 g/mol. The highest BCUT2D eigenvalue weighted by molar-refractivity contribution is 6.44. The van der Waals surface area contributed by atoms with Gasteiger partial charge in [-0.15, -0.1) is 0 Å². The van der Waals surface area contributed by atoms with Crippen LogP contribution in [0.5, 0.6) is 0 Å². The number of carbonyl (C=O) groups excluding carboxylic acids is 4. The predicted octanol–water partition coefficient (Wildman–Crippen LogP) is 5.22. The summed E-state index contributed by atoms with van der Waals surface area (Å²) in [5, 5.41) is 4.67. The van der Waals surface area contributed by atoms with Crippen molar-refractivity contribution in [3.05, 3.63) is 107 Å². The maximum atomic E-state index is 13.6. The number of piperazine rings is 1. The Bertz CT molecular complexity index is 2280. The van der Waals surface area contributed by atoms with E-state index in [9.17, 15) is 19.2 Å². The minimum Gasteiger partial charge on any atom is -0.292 e. The number of ketones is 4. The maximum absolute atomic E-state index is 13.6. The molecule has 0 atom stereocenters. The van der Waals surface area contributed by atoms with Gasteiger partial charge in [-0.05, 0) is 61.4 Å². The fourth-order valence-electron chi connectivity index (χ4n) is 9.69. The average molecular weight is 691 g/mol. The molecule has 8 heteroatoms. The molecule has 3 aliphatic heterocycles. The van der Waals surface area contributed by atoms with Crippen molar-refractivity contribution < 1.29 is 28.3 Å². The summed E-state index contributed by atoms with van der Waals surface area (Å²) in [4.78, 5) is 58.2. The van der Waals surface area contributed by atoms with E-state index >= 15 is 0 Å². The van der Waals surface area contributed by atoms with E-state index in [-0.39, 0.29) is 34.3 Å². The number of fused-ring (bicyclic) bond motifs is 6. The zero-order valence-electron chi connectivity index (χ0n) is 30.5.